The van der Waals surface area contributed by atoms with E-state index in [1.807, 2.05) is 30.0 Å². The quantitative estimate of drug-likeness (QED) is 0.629. The highest BCUT2D eigenvalue weighted by Gasteiger charge is 2.19. The largest absolute Gasteiger partial charge is 0.352 e. The smallest absolute Gasteiger partial charge is 0.252 e. The van der Waals surface area contributed by atoms with E-state index in [1.165, 1.54) is 12.1 Å². The second-order valence-corrected chi connectivity index (χ2v) is 7.61. The fraction of sp³-hybridized carbons (Fsp3) is 0.292. The van der Waals surface area contributed by atoms with Gasteiger partial charge < -0.3 is 10.2 Å². The van der Waals surface area contributed by atoms with Crippen LogP contribution in [0.15, 0.2) is 48.5 Å². The number of hydrogen-bond donors (Lipinski definition) is 1. The van der Waals surface area contributed by atoms with Gasteiger partial charge in [-0.2, -0.15) is 0 Å². The van der Waals surface area contributed by atoms with E-state index in [-0.39, 0.29) is 17.6 Å². The van der Waals surface area contributed by atoms with Gasteiger partial charge in [0.15, 0.2) is 0 Å². The normalized spacial score (nSPS) is 13.8. The van der Waals surface area contributed by atoms with Gasteiger partial charge >= 0.3 is 0 Å². The number of halogens is 1. The Bertz CT molecular complexity index is 1100. The lowest BCUT2D eigenvalue weighted by Gasteiger charge is -2.16. The molecule has 30 heavy (non-hydrogen) atoms. The second-order valence-electron chi connectivity index (χ2n) is 7.61. The number of pyridine rings is 1. The van der Waals surface area contributed by atoms with Gasteiger partial charge in [-0.25, -0.2) is 4.39 Å². The van der Waals surface area contributed by atoms with Crippen LogP contribution in [-0.4, -0.2) is 41.3 Å². The van der Waals surface area contributed by atoms with Gasteiger partial charge in [0.1, 0.15) is 5.82 Å². The number of nitrogens with zero attached hydrogens (tertiary/aromatic N) is 2. The summed E-state index contributed by atoms with van der Waals surface area (Å²) in [5.74, 6) is -0.251. The van der Waals surface area contributed by atoms with Crippen LogP contribution in [-0.2, 0) is 4.79 Å². The molecule has 6 heteroatoms. The van der Waals surface area contributed by atoms with Crippen molar-refractivity contribution in [2.24, 2.45) is 0 Å². The van der Waals surface area contributed by atoms with Crippen LogP contribution in [0.1, 0.15) is 35.3 Å². The molecule has 0 bridgehead atoms. The van der Waals surface area contributed by atoms with Gasteiger partial charge in [-0.1, -0.05) is 30.3 Å². The fourth-order valence-electron chi connectivity index (χ4n) is 3.93. The Labute approximate surface area is 174 Å². The van der Waals surface area contributed by atoms with Gasteiger partial charge in [0.2, 0.25) is 5.91 Å². The lowest BCUT2D eigenvalue weighted by Crippen LogP contribution is -2.30. The number of amides is 2. The standard InChI is InChI=1S/C24H24FN3O2/c1-16-15-21(24(30)26-12-4-14-28-13-3-7-22(28)29)20-6-2-5-19(23(20)27-16)17-8-10-18(25)11-9-17/h2,5-6,8-11,15H,3-4,7,12-14H2,1H3,(H,26,30). The van der Waals surface area contributed by atoms with E-state index in [4.69, 9.17) is 0 Å². The Hall–Kier alpha value is -3.28. The van der Waals surface area contributed by atoms with E-state index in [9.17, 15) is 14.0 Å². The van der Waals surface area contributed by atoms with Crippen molar-refractivity contribution >= 4 is 22.7 Å². The number of likely N-dealkylation sites (tertiary alicyclic amines) is 1. The number of aryl methyl sites for hydroxylation is 1. The minimum absolute atomic E-state index is 0.158. The van der Waals surface area contributed by atoms with Crippen LogP contribution < -0.4 is 5.32 Å². The lowest BCUT2D eigenvalue weighted by molar-refractivity contribution is -0.127. The minimum atomic E-state index is -0.293. The summed E-state index contributed by atoms with van der Waals surface area (Å²) in [5, 5.41) is 3.73. The van der Waals surface area contributed by atoms with E-state index in [1.54, 1.807) is 18.2 Å². The molecule has 5 nitrogen and oxygen atoms in total. The number of nitrogens with one attached hydrogen (secondary N) is 1. The van der Waals surface area contributed by atoms with Crippen LogP contribution in [0.5, 0.6) is 0 Å². The summed E-state index contributed by atoms with van der Waals surface area (Å²) >= 11 is 0. The van der Waals surface area contributed by atoms with Crippen LogP contribution in [0.3, 0.4) is 0 Å². The number of aromatic nitrogens is 1. The molecule has 0 radical (unpaired) electrons. The maximum atomic E-state index is 13.3. The van der Waals surface area contributed by atoms with E-state index in [0.29, 0.717) is 25.1 Å². The van der Waals surface area contributed by atoms with Gasteiger partial charge in [-0.05, 0) is 43.5 Å². The predicted molar refractivity (Wildman–Crippen MR) is 115 cm³/mol. The maximum absolute atomic E-state index is 13.3. The second kappa shape index (κ2) is 8.61. The SMILES string of the molecule is Cc1cc(C(=O)NCCCN2CCCC2=O)c2cccc(-c3ccc(F)cc3)c2n1. The van der Waals surface area contributed by atoms with Gasteiger partial charge in [-0.15, -0.1) is 0 Å². The molecule has 2 heterocycles. The number of carbonyl (C=O) groups excluding carboxylic acids is 2. The zero-order valence-electron chi connectivity index (χ0n) is 17.0. The van der Waals surface area contributed by atoms with Crippen molar-refractivity contribution in [2.45, 2.75) is 26.2 Å². The molecule has 1 fully saturated rings. The zero-order valence-corrected chi connectivity index (χ0v) is 17.0. The molecule has 4 rings (SSSR count). The molecule has 0 unspecified atom stereocenters. The third-order valence-corrected chi connectivity index (χ3v) is 5.43. The molecule has 1 N–H and O–H groups in total. The first-order valence-electron chi connectivity index (χ1n) is 10.3. The summed E-state index contributed by atoms with van der Waals surface area (Å²) in [7, 11) is 0. The van der Waals surface area contributed by atoms with Crippen molar-refractivity contribution in [3.05, 3.63) is 65.6 Å². The predicted octanol–water partition coefficient (Wildman–Crippen LogP) is 4.09. The molecule has 1 aliphatic heterocycles. The Morgan fingerprint density at radius 2 is 2.00 bits per heavy atom. The number of hydrogen-bond acceptors (Lipinski definition) is 3. The Kier molecular flexibility index (Phi) is 5.74. The molecule has 154 valence electrons. The van der Waals surface area contributed by atoms with Crippen LogP contribution in [0.2, 0.25) is 0 Å². The molecule has 0 aliphatic carbocycles. The van der Waals surface area contributed by atoms with Crippen molar-refractivity contribution in [1.82, 2.24) is 15.2 Å². The van der Waals surface area contributed by atoms with Crippen LogP contribution >= 0.6 is 0 Å². The maximum Gasteiger partial charge on any atom is 0.252 e. The highest BCUT2D eigenvalue weighted by atomic mass is 19.1. The molecule has 1 aliphatic rings. The molecule has 2 aromatic carbocycles. The Balaban J connectivity index is 1.55. The first-order valence-corrected chi connectivity index (χ1v) is 10.3. The molecular formula is C24H24FN3O2. The monoisotopic (exact) mass is 405 g/mol. The summed E-state index contributed by atoms with van der Waals surface area (Å²) in [5.41, 5.74) is 3.74. The van der Waals surface area contributed by atoms with Crippen LogP contribution in [0, 0.1) is 12.7 Å². The summed E-state index contributed by atoms with van der Waals surface area (Å²) in [6.07, 6.45) is 2.27. The molecule has 0 saturated carbocycles. The minimum Gasteiger partial charge on any atom is -0.352 e. The van der Waals surface area contributed by atoms with Crippen molar-refractivity contribution in [3.8, 4) is 11.1 Å². The fourth-order valence-corrected chi connectivity index (χ4v) is 3.93. The van der Waals surface area contributed by atoms with Gasteiger partial charge in [-0.3, -0.25) is 14.6 Å². The lowest BCUT2D eigenvalue weighted by atomic mass is 9.98. The number of rotatable bonds is 6. The van der Waals surface area contributed by atoms with Crippen molar-refractivity contribution in [2.75, 3.05) is 19.6 Å². The number of fused-ring (bicyclic) bond motifs is 1. The van der Waals surface area contributed by atoms with Crippen molar-refractivity contribution in [3.63, 3.8) is 0 Å². The third kappa shape index (κ3) is 4.17. The van der Waals surface area contributed by atoms with E-state index >= 15 is 0 Å². The summed E-state index contributed by atoms with van der Waals surface area (Å²) in [6, 6.07) is 13.7. The van der Waals surface area contributed by atoms with Crippen LogP contribution in [0.25, 0.3) is 22.0 Å². The Morgan fingerprint density at radius 1 is 1.20 bits per heavy atom. The van der Waals surface area contributed by atoms with Crippen molar-refractivity contribution in [1.29, 1.82) is 0 Å². The molecule has 2 amide bonds. The van der Waals surface area contributed by atoms with Gasteiger partial charge in [0, 0.05) is 42.7 Å². The molecule has 0 spiro atoms. The summed E-state index contributed by atoms with van der Waals surface area (Å²) in [4.78, 5) is 31.1. The highest BCUT2D eigenvalue weighted by molar-refractivity contribution is 6.09. The third-order valence-electron chi connectivity index (χ3n) is 5.43. The average Bonchev–Trinajstić information content (AvgIpc) is 3.15. The summed E-state index contributed by atoms with van der Waals surface area (Å²) < 4.78 is 13.3. The number of para-hydroxylation sites is 1. The first kappa shape index (κ1) is 20.0. The number of benzene rings is 2. The molecule has 1 saturated heterocycles. The topological polar surface area (TPSA) is 62.3 Å². The Morgan fingerprint density at radius 3 is 2.73 bits per heavy atom. The van der Waals surface area contributed by atoms with Gasteiger partial charge in [0.25, 0.3) is 5.91 Å². The number of carbonyl (C=O) groups is 2. The molecule has 3 aromatic rings. The summed E-state index contributed by atoms with van der Waals surface area (Å²) in [6.45, 7) is 3.84. The van der Waals surface area contributed by atoms with E-state index in [2.05, 4.69) is 10.3 Å². The highest BCUT2D eigenvalue weighted by Crippen LogP contribution is 2.29. The van der Waals surface area contributed by atoms with Crippen LogP contribution in [0.4, 0.5) is 4.39 Å². The molecular weight excluding hydrogens is 381 g/mol. The molecule has 1 aromatic heterocycles. The average molecular weight is 405 g/mol. The first-order chi connectivity index (χ1) is 14.5. The molecule has 0 atom stereocenters. The van der Waals surface area contributed by atoms with Crippen molar-refractivity contribution < 1.29 is 14.0 Å². The van der Waals surface area contributed by atoms with E-state index in [0.717, 1.165) is 47.1 Å². The van der Waals surface area contributed by atoms with Gasteiger partial charge in [0.05, 0.1) is 11.1 Å². The van der Waals surface area contributed by atoms with E-state index < -0.39 is 0 Å². The zero-order chi connectivity index (χ0) is 21.1.